The van der Waals surface area contributed by atoms with Crippen LogP contribution < -0.4 is 0 Å². The van der Waals surface area contributed by atoms with Crippen LogP contribution in [-0.2, 0) is 14.3 Å². The van der Waals surface area contributed by atoms with Crippen LogP contribution in [0, 0.1) is 29.1 Å². The monoisotopic (exact) mass is 328 g/mol. The molecule has 3 unspecified atom stereocenters. The fourth-order valence-corrected chi connectivity index (χ4v) is 3.51. The minimum absolute atomic E-state index is 0.0899. The van der Waals surface area contributed by atoms with Crippen LogP contribution in [0.2, 0.25) is 0 Å². The molecule has 0 amide bonds. The van der Waals surface area contributed by atoms with Gasteiger partial charge in [0.05, 0.1) is 11.3 Å². The molecular formula is C19H36O4. The quantitative estimate of drug-likeness (QED) is 0.587. The van der Waals surface area contributed by atoms with E-state index in [1.165, 1.54) is 0 Å². The van der Waals surface area contributed by atoms with Crippen molar-refractivity contribution >= 4 is 11.9 Å². The first-order chi connectivity index (χ1) is 10.5. The number of carboxylic acids is 1. The van der Waals surface area contributed by atoms with Crippen LogP contribution in [0.5, 0.6) is 0 Å². The van der Waals surface area contributed by atoms with E-state index in [0.29, 0.717) is 18.8 Å². The van der Waals surface area contributed by atoms with Crippen molar-refractivity contribution < 1.29 is 19.4 Å². The van der Waals surface area contributed by atoms with E-state index in [4.69, 9.17) is 4.74 Å². The molecule has 0 fully saturated rings. The number of hydrogen-bond donors (Lipinski definition) is 1. The predicted molar refractivity (Wildman–Crippen MR) is 93.2 cm³/mol. The van der Waals surface area contributed by atoms with Gasteiger partial charge in [-0.25, -0.2) is 0 Å². The lowest BCUT2D eigenvalue weighted by atomic mass is 9.64. The zero-order valence-electron chi connectivity index (χ0n) is 16.2. The summed E-state index contributed by atoms with van der Waals surface area (Å²) >= 11 is 0. The summed E-state index contributed by atoms with van der Waals surface area (Å²) in [6.45, 7) is 15.8. The lowest BCUT2D eigenvalue weighted by Gasteiger charge is -2.40. The largest absolute Gasteiger partial charge is 0.481 e. The first-order valence-corrected chi connectivity index (χ1v) is 8.98. The van der Waals surface area contributed by atoms with E-state index in [1.807, 2.05) is 41.5 Å². The van der Waals surface area contributed by atoms with E-state index in [1.54, 1.807) is 0 Å². The number of rotatable bonds is 10. The number of ether oxygens (including phenoxy) is 1. The Morgan fingerprint density at radius 1 is 1.04 bits per heavy atom. The molecule has 0 aromatic rings. The van der Waals surface area contributed by atoms with Gasteiger partial charge in [-0.2, -0.15) is 0 Å². The summed E-state index contributed by atoms with van der Waals surface area (Å²) in [5.41, 5.74) is -0.968. The lowest BCUT2D eigenvalue weighted by molar-refractivity contribution is -0.179. The van der Waals surface area contributed by atoms with E-state index in [9.17, 15) is 14.7 Å². The lowest BCUT2D eigenvalue weighted by Crippen LogP contribution is -2.48. The number of esters is 1. The third-order valence-electron chi connectivity index (χ3n) is 5.03. The van der Waals surface area contributed by atoms with Crippen molar-refractivity contribution in [2.75, 3.05) is 0 Å². The van der Waals surface area contributed by atoms with Gasteiger partial charge in [0.15, 0.2) is 0 Å². The zero-order chi connectivity index (χ0) is 18.4. The molecule has 136 valence electrons. The third-order valence-corrected chi connectivity index (χ3v) is 5.03. The summed E-state index contributed by atoms with van der Waals surface area (Å²) in [5.74, 6) is -1.42. The number of carbonyl (C=O) groups is 2. The second kappa shape index (κ2) is 9.29. The average molecular weight is 328 g/mol. The summed E-state index contributed by atoms with van der Waals surface area (Å²) in [7, 11) is 0. The number of aliphatic carboxylic acids is 1. The maximum absolute atomic E-state index is 13.1. The van der Waals surface area contributed by atoms with Crippen LogP contribution in [0.4, 0.5) is 0 Å². The summed E-state index contributed by atoms with van der Waals surface area (Å²) in [6.07, 6.45) is 1.53. The second-order valence-electron chi connectivity index (χ2n) is 7.67. The average Bonchev–Trinajstić information content (AvgIpc) is 2.42. The number of hydrogen-bond acceptors (Lipinski definition) is 3. The summed E-state index contributed by atoms with van der Waals surface area (Å²) in [6, 6.07) is 0. The molecule has 0 aliphatic carbocycles. The molecule has 0 saturated carbocycles. The van der Waals surface area contributed by atoms with Gasteiger partial charge in [-0.1, -0.05) is 55.4 Å². The molecule has 0 rings (SSSR count). The van der Waals surface area contributed by atoms with E-state index < -0.39 is 17.3 Å². The SMILES string of the molecule is CCC(C(=O)O)C(CC)(C(=O)OC(CC(C)C)C(C)C)C(C)C. The standard InChI is InChI=1S/C19H36O4/c1-9-15(17(20)21)19(10-2,14(7)8)18(22)23-16(13(5)6)11-12(3)4/h12-16H,9-11H2,1-8H3,(H,20,21). The van der Waals surface area contributed by atoms with Crippen molar-refractivity contribution in [3.8, 4) is 0 Å². The Hall–Kier alpha value is -1.06. The Bertz CT molecular complexity index is 387. The van der Waals surface area contributed by atoms with Gasteiger partial charge in [0.1, 0.15) is 6.10 Å². The van der Waals surface area contributed by atoms with Crippen molar-refractivity contribution in [1.29, 1.82) is 0 Å². The van der Waals surface area contributed by atoms with E-state index >= 15 is 0 Å². The summed E-state index contributed by atoms with van der Waals surface area (Å²) in [4.78, 5) is 24.8. The molecule has 0 saturated heterocycles. The Kier molecular flexibility index (Phi) is 8.86. The molecule has 0 radical (unpaired) electrons. The van der Waals surface area contributed by atoms with Gasteiger partial charge in [0.25, 0.3) is 0 Å². The van der Waals surface area contributed by atoms with Gasteiger partial charge in [0, 0.05) is 0 Å². The third kappa shape index (κ3) is 5.22. The minimum atomic E-state index is -0.968. The van der Waals surface area contributed by atoms with Crippen molar-refractivity contribution in [2.45, 2.75) is 80.8 Å². The Labute approximate surface area is 142 Å². The van der Waals surface area contributed by atoms with Gasteiger partial charge < -0.3 is 9.84 Å². The van der Waals surface area contributed by atoms with E-state index in [2.05, 4.69) is 13.8 Å². The summed E-state index contributed by atoms with van der Waals surface area (Å²) < 4.78 is 5.87. The highest BCUT2D eigenvalue weighted by atomic mass is 16.5. The number of carboxylic acid groups (broad SMARTS) is 1. The van der Waals surface area contributed by atoms with Crippen LogP contribution in [0.3, 0.4) is 0 Å². The van der Waals surface area contributed by atoms with Crippen LogP contribution in [-0.4, -0.2) is 23.1 Å². The maximum Gasteiger partial charge on any atom is 0.313 e. The molecule has 4 heteroatoms. The van der Waals surface area contributed by atoms with Gasteiger partial charge >= 0.3 is 11.9 Å². The molecule has 1 N–H and O–H groups in total. The molecule has 0 heterocycles. The van der Waals surface area contributed by atoms with E-state index in [0.717, 1.165) is 6.42 Å². The molecule has 0 aromatic carbocycles. The van der Waals surface area contributed by atoms with E-state index in [-0.39, 0.29) is 23.9 Å². The van der Waals surface area contributed by atoms with Crippen molar-refractivity contribution in [1.82, 2.24) is 0 Å². The number of carbonyl (C=O) groups excluding carboxylic acids is 1. The van der Waals surface area contributed by atoms with Crippen LogP contribution in [0.1, 0.15) is 74.7 Å². The predicted octanol–water partition coefficient (Wildman–Crippen LogP) is 4.76. The molecule has 4 nitrogen and oxygen atoms in total. The highest BCUT2D eigenvalue weighted by Gasteiger charge is 2.51. The van der Waals surface area contributed by atoms with Crippen LogP contribution >= 0.6 is 0 Å². The van der Waals surface area contributed by atoms with Crippen molar-refractivity contribution in [2.24, 2.45) is 29.1 Å². The molecular weight excluding hydrogens is 292 g/mol. The normalized spacial score (nSPS) is 17.2. The molecule has 3 atom stereocenters. The Morgan fingerprint density at radius 3 is 1.83 bits per heavy atom. The van der Waals surface area contributed by atoms with Crippen molar-refractivity contribution in [3.05, 3.63) is 0 Å². The molecule has 0 spiro atoms. The Balaban J connectivity index is 5.64. The Morgan fingerprint density at radius 2 is 1.57 bits per heavy atom. The van der Waals surface area contributed by atoms with Gasteiger partial charge in [-0.15, -0.1) is 0 Å². The highest BCUT2D eigenvalue weighted by Crippen LogP contribution is 2.43. The van der Waals surface area contributed by atoms with Crippen LogP contribution in [0.15, 0.2) is 0 Å². The van der Waals surface area contributed by atoms with Gasteiger partial charge in [-0.3, -0.25) is 9.59 Å². The smallest absolute Gasteiger partial charge is 0.313 e. The topological polar surface area (TPSA) is 63.6 Å². The zero-order valence-corrected chi connectivity index (χ0v) is 16.2. The fraction of sp³-hybridized carbons (Fsp3) is 0.895. The first-order valence-electron chi connectivity index (χ1n) is 8.98. The first kappa shape index (κ1) is 21.9. The minimum Gasteiger partial charge on any atom is -0.481 e. The van der Waals surface area contributed by atoms with Gasteiger partial charge in [0.2, 0.25) is 0 Å². The molecule has 0 aliphatic heterocycles. The van der Waals surface area contributed by atoms with Crippen molar-refractivity contribution in [3.63, 3.8) is 0 Å². The van der Waals surface area contributed by atoms with Crippen LogP contribution in [0.25, 0.3) is 0 Å². The highest BCUT2D eigenvalue weighted by molar-refractivity contribution is 5.85. The summed E-state index contributed by atoms with van der Waals surface area (Å²) in [5, 5.41) is 9.62. The molecule has 0 aromatic heterocycles. The fourth-order valence-electron chi connectivity index (χ4n) is 3.51. The van der Waals surface area contributed by atoms with Gasteiger partial charge in [-0.05, 0) is 37.0 Å². The maximum atomic E-state index is 13.1. The molecule has 0 aliphatic rings. The molecule has 23 heavy (non-hydrogen) atoms. The second-order valence-corrected chi connectivity index (χ2v) is 7.67. The molecule has 0 bridgehead atoms.